The van der Waals surface area contributed by atoms with Crippen molar-refractivity contribution in [1.29, 1.82) is 0 Å². The minimum absolute atomic E-state index is 0.0187. The Labute approximate surface area is 139 Å². The molecule has 0 bridgehead atoms. The van der Waals surface area contributed by atoms with Crippen molar-refractivity contribution in [3.8, 4) is 0 Å². The summed E-state index contributed by atoms with van der Waals surface area (Å²) < 4.78 is 0. The summed E-state index contributed by atoms with van der Waals surface area (Å²) in [5, 5.41) is 8.09. The van der Waals surface area contributed by atoms with Crippen LogP contribution < -0.4 is 16.0 Å². The molecular weight excluding hydrogens is 306 g/mol. The van der Waals surface area contributed by atoms with Gasteiger partial charge < -0.3 is 16.0 Å². The number of benzene rings is 2. The molecule has 2 aromatic carbocycles. The number of carbonyl (C=O) groups excluding carboxylic acids is 3. The van der Waals surface area contributed by atoms with Gasteiger partial charge in [0.1, 0.15) is 0 Å². The smallest absolute Gasteiger partial charge is 0.251 e. The molecule has 0 unspecified atom stereocenters. The lowest BCUT2D eigenvalue weighted by molar-refractivity contribution is -0.120. The topological polar surface area (TPSA) is 87.3 Å². The molecule has 1 aliphatic rings. The Kier molecular flexibility index (Phi) is 4.56. The summed E-state index contributed by atoms with van der Waals surface area (Å²) in [5.41, 5.74) is 3.18. The largest absolute Gasteiger partial charge is 0.350 e. The van der Waals surface area contributed by atoms with Crippen LogP contribution in [-0.4, -0.2) is 24.3 Å². The second-order valence-corrected chi connectivity index (χ2v) is 5.54. The normalized spacial score (nSPS) is 12.2. The zero-order valence-electron chi connectivity index (χ0n) is 13.0. The zero-order valence-corrected chi connectivity index (χ0v) is 13.0. The van der Waals surface area contributed by atoms with Gasteiger partial charge in [-0.2, -0.15) is 0 Å². The van der Waals surface area contributed by atoms with Gasteiger partial charge in [0.25, 0.3) is 5.91 Å². The quantitative estimate of drug-likeness (QED) is 0.773. The highest BCUT2D eigenvalue weighted by Crippen LogP contribution is 2.23. The first-order chi connectivity index (χ1) is 11.6. The molecule has 1 heterocycles. The maximum absolute atomic E-state index is 11.9. The maximum Gasteiger partial charge on any atom is 0.251 e. The lowest BCUT2D eigenvalue weighted by Crippen LogP contribution is -2.36. The molecule has 0 aliphatic carbocycles. The van der Waals surface area contributed by atoms with Gasteiger partial charge in [-0.15, -0.1) is 0 Å². The molecule has 0 radical (unpaired) electrons. The summed E-state index contributed by atoms with van der Waals surface area (Å²) in [6.45, 7) is 0.264. The van der Waals surface area contributed by atoms with Crippen molar-refractivity contribution in [2.75, 3.05) is 11.9 Å². The summed E-state index contributed by atoms with van der Waals surface area (Å²) >= 11 is 0. The molecule has 0 spiro atoms. The highest BCUT2D eigenvalue weighted by Gasteiger charge is 2.17. The van der Waals surface area contributed by atoms with E-state index in [1.54, 1.807) is 24.3 Å². The Morgan fingerprint density at radius 1 is 1.04 bits per heavy atom. The van der Waals surface area contributed by atoms with E-state index in [0.717, 1.165) is 16.8 Å². The number of nitrogens with one attached hydrogen (secondary N) is 3. The van der Waals surface area contributed by atoms with E-state index in [1.807, 2.05) is 24.3 Å². The third kappa shape index (κ3) is 3.78. The summed E-state index contributed by atoms with van der Waals surface area (Å²) in [7, 11) is 0. The zero-order chi connectivity index (χ0) is 16.9. The minimum Gasteiger partial charge on any atom is -0.350 e. The van der Waals surface area contributed by atoms with Crippen molar-refractivity contribution in [2.24, 2.45) is 0 Å². The summed E-state index contributed by atoms with van der Waals surface area (Å²) in [6.07, 6.45) is 0.365. The van der Waals surface area contributed by atoms with Gasteiger partial charge in [0.2, 0.25) is 11.8 Å². The van der Waals surface area contributed by atoms with Gasteiger partial charge in [0.15, 0.2) is 0 Å². The molecule has 0 fully saturated rings. The van der Waals surface area contributed by atoms with Crippen LogP contribution in [0.2, 0.25) is 0 Å². The molecule has 1 aliphatic heterocycles. The summed E-state index contributed by atoms with van der Waals surface area (Å²) in [5.74, 6) is -0.573. The van der Waals surface area contributed by atoms with Crippen LogP contribution in [0.4, 0.5) is 5.69 Å². The van der Waals surface area contributed by atoms with Gasteiger partial charge in [-0.3, -0.25) is 14.4 Å². The second kappa shape index (κ2) is 6.95. The molecule has 0 aromatic heterocycles. The second-order valence-electron chi connectivity index (χ2n) is 5.54. The Morgan fingerprint density at radius 3 is 2.62 bits per heavy atom. The molecule has 0 saturated carbocycles. The van der Waals surface area contributed by atoms with E-state index in [2.05, 4.69) is 16.0 Å². The highest BCUT2D eigenvalue weighted by atomic mass is 16.2. The summed E-state index contributed by atoms with van der Waals surface area (Å²) in [4.78, 5) is 35.0. The molecular formula is C18H17N3O3. The number of hydrogen-bond acceptors (Lipinski definition) is 3. The lowest BCUT2D eigenvalue weighted by atomic mass is 10.1. The fourth-order valence-corrected chi connectivity index (χ4v) is 2.51. The van der Waals surface area contributed by atoms with Crippen LogP contribution in [0, 0.1) is 0 Å². The fourth-order valence-electron chi connectivity index (χ4n) is 2.51. The average Bonchev–Trinajstić information content (AvgIpc) is 2.97. The minimum atomic E-state index is -0.284. The number of anilines is 1. The fraction of sp³-hybridized carbons (Fsp3) is 0.167. The van der Waals surface area contributed by atoms with Gasteiger partial charge in [-0.25, -0.2) is 0 Å². The molecule has 6 heteroatoms. The van der Waals surface area contributed by atoms with E-state index in [4.69, 9.17) is 0 Å². The predicted octanol–water partition coefficient (Wildman–Crippen LogP) is 1.23. The maximum atomic E-state index is 11.9. The van der Waals surface area contributed by atoms with Crippen LogP contribution in [0.15, 0.2) is 48.5 Å². The van der Waals surface area contributed by atoms with Crippen LogP contribution >= 0.6 is 0 Å². The summed E-state index contributed by atoms with van der Waals surface area (Å²) in [6, 6.07) is 14.3. The first-order valence-corrected chi connectivity index (χ1v) is 7.63. The van der Waals surface area contributed by atoms with E-state index in [1.165, 1.54) is 0 Å². The molecule has 0 atom stereocenters. The van der Waals surface area contributed by atoms with E-state index in [9.17, 15) is 14.4 Å². The van der Waals surface area contributed by atoms with E-state index in [0.29, 0.717) is 18.5 Å². The first kappa shape index (κ1) is 15.7. The van der Waals surface area contributed by atoms with Crippen molar-refractivity contribution in [3.05, 3.63) is 65.2 Å². The Hall–Kier alpha value is -3.15. The lowest BCUT2D eigenvalue weighted by Gasteiger charge is -2.08. The van der Waals surface area contributed by atoms with Crippen molar-refractivity contribution in [2.45, 2.75) is 13.0 Å². The van der Waals surface area contributed by atoms with Crippen molar-refractivity contribution in [1.82, 2.24) is 10.6 Å². The van der Waals surface area contributed by atoms with Gasteiger partial charge in [0, 0.05) is 17.8 Å². The van der Waals surface area contributed by atoms with Crippen molar-refractivity contribution in [3.63, 3.8) is 0 Å². The molecule has 0 saturated heterocycles. The third-order valence-electron chi connectivity index (χ3n) is 3.73. The highest BCUT2D eigenvalue weighted by molar-refractivity contribution is 5.99. The van der Waals surface area contributed by atoms with Crippen LogP contribution in [-0.2, 0) is 22.6 Å². The van der Waals surface area contributed by atoms with Gasteiger partial charge >= 0.3 is 0 Å². The molecule has 24 heavy (non-hydrogen) atoms. The Balaban J connectivity index is 1.47. The number of carbonyl (C=O) groups is 3. The van der Waals surface area contributed by atoms with Crippen molar-refractivity contribution >= 4 is 23.4 Å². The Morgan fingerprint density at radius 2 is 1.83 bits per heavy atom. The van der Waals surface area contributed by atoms with Gasteiger partial charge in [-0.05, 0) is 29.3 Å². The van der Waals surface area contributed by atoms with Crippen LogP contribution in [0.3, 0.4) is 0 Å². The number of rotatable bonds is 5. The monoisotopic (exact) mass is 323 g/mol. The van der Waals surface area contributed by atoms with E-state index in [-0.39, 0.29) is 24.3 Å². The molecule has 122 valence electrons. The molecule has 3 amide bonds. The van der Waals surface area contributed by atoms with Crippen molar-refractivity contribution < 1.29 is 14.4 Å². The average molecular weight is 323 g/mol. The van der Waals surface area contributed by atoms with E-state index < -0.39 is 0 Å². The van der Waals surface area contributed by atoms with Gasteiger partial charge in [0.05, 0.1) is 13.0 Å². The number of hydrogen-bond donors (Lipinski definition) is 3. The van der Waals surface area contributed by atoms with Gasteiger partial charge in [-0.1, -0.05) is 30.3 Å². The number of fused-ring (bicyclic) bond motifs is 1. The molecule has 3 N–H and O–H groups in total. The first-order valence-electron chi connectivity index (χ1n) is 7.63. The molecule has 6 nitrogen and oxygen atoms in total. The van der Waals surface area contributed by atoms with Crippen LogP contribution in [0.5, 0.6) is 0 Å². The predicted molar refractivity (Wildman–Crippen MR) is 89.4 cm³/mol. The third-order valence-corrected chi connectivity index (χ3v) is 3.73. The molecule has 2 aromatic rings. The molecule has 3 rings (SSSR count). The standard InChI is InChI=1S/C18H17N3O3/c22-16-9-14-8-12(6-7-15(14)21-16)10-19-17(23)11-20-18(24)13-4-2-1-3-5-13/h1-8H,9-11H2,(H,19,23)(H,20,24)(H,21,22). The van der Waals surface area contributed by atoms with Crippen LogP contribution in [0.1, 0.15) is 21.5 Å². The Bertz CT molecular complexity index is 787. The SMILES string of the molecule is O=C(CNC(=O)c1ccccc1)NCc1ccc2c(c1)CC(=O)N2. The number of amides is 3. The van der Waals surface area contributed by atoms with E-state index >= 15 is 0 Å². The van der Waals surface area contributed by atoms with Crippen LogP contribution in [0.25, 0.3) is 0 Å².